The molecular formula is C30H42ClN5O. The van der Waals surface area contributed by atoms with Crippen molar-refractivity contribution in [1.82, 2.24) is 15.2 Å². The van der Waals surface area contributed by atoms with Gasteiger partial charge in [0.1, 0.15) is 5.84 Å². The molecule has 0 saturated carbocycles. The molecular weight excluding hydrogens is 482 g/mol. The average molecular weight is 524 g/mol. The quantitative estimate of drug-likeness (QED) is 0.231. The number of amides is 1. The van der Waals surface area contributed by atoms with Crippen LogP contribution in [0.15, 0.2) is 45.4 Å². The van der Waals surface area contributed by atoms with Crippen molar-refractivity contribution in [3.63, 3.8) is 0 Å². The second kappa shape index (κ2) is 13.2. The number of likely N-dealkylation sites (N-methyl/N-ethyl adjacent to an activating group) is 1. The van der Waals surface area contributed by atoms with Gasteiger partial charge >= 0.3 is 0 Å². The number of aliphatic imine (C=N–C) groups is 2. The third kappa shape index (κ3) is 6.99. The van der Waals surface area contributed by atoms with Crippen molar-refractivity contribution >= 4 is 45.5 Å². The van der Waals surface area contributed by atoms with Gasteiger partial charge in [-0.2, -0.15) is 0 Å². The maximum Gasteiger partial charge on any atom is 0.233 e. The molecule has 6 nitrogen and oxygen atoms in total. The molecule has 0 aliphatic carbocycles. The third-order valence-electron chi connectivity index (χ3n) is 7.26. The number of nitrogens with one attached hydrogen (secondary N) is 2. The van der Waals surface area contributed by atoms with Crippen LogP contribution in [0.2, 0.25) is 0 Å². The Kier molecular flexibility index (Phi) is 10.3. The van der Waals surface area contributed by atoms with Gasteiger partial charge in [-0.3, -0.25) is 14.7 Å². The first-order valence-corrected chi connectivity index (χ1v) is 13.7. The first kappa shape index (κ1) is 28.9. The predicted octanol–water partition coefficient (Wildman–Crippen LogP) is 6.64. The molecule has 3 rings (SSSR count). The number of hydrogen-bond acceptors (Lipinski definition) is 3. The van der Waals surface area contributed by atoms with Gasteiger partial charge in [0.15, 0.2) is 0 Å². The number of benzene rings is 1. The predicted molar refractivity (Wildman–Crippen MR) is 159 cm³/mol. The number of hydrogen-bond donors (Lipinski definition) is 2. The van der Waals surface area contributed by atoms with Crippen LogP contribution in [0.4, 0.5) is 0 Å². The van der Waals surface area contributed by atoms with E-state index in [-0.39, 0.29) is 5.91 Å². The molecule has 200 valence electrons. The van der Waals surface area contributed by atoms with Crippen molar-refractivity contribution in [2.24, 2.45) is 9.98 Å². The molecule has 0 radical (unpaired) electrons. The second-order valence-electron chi connectivity index (χ2n) is 10.0. The molecule has 0 bridgehead atoms. The van der Waals surface area contributed by atoms with Crippen LogP contribution in [0.1, 0.15) is 82.5 Å². The number of allylic oxidation sites excluding steroid dienone is 4. The topological polar surface area (TPSA) is 72.8 Å². The summed E-state index contributed by atoms with van der Waals surface area (Å²) in [5.41, 5.74) is 6.83. The Morgan fingerprint density at radius 2 is 2.00 bits per heavy atom. The number of halogens is 1. The van der Waals surface area contributed by atoms with Crippen molar-refractivity contribution in [2.75, 3.05) is 33.7 Å². The number of H-pyrrole nitrogens is 1. The zero-order chi connectivity index (χ0) is 27.1. The summed E-state index contributed by atoms with van der Waals surface area (Å²) in [6.07, 6.45) is 6.99. The van der Waals surface area contributed by atoms with Crippen molar-refractivity contribution in [2.45, 2.75) is 65.7 Å². The fourth-order valence-corrected chi connectivity index (χ4v) is 5.38. The Bertz CT molecular complexity index is 1230. The molecule has 2 N–H and O–H groups in total. The minimum atomic E-state index is 0.0844. The van der Waals surface area contributed by atoms with Crippen LogP contribution < -0.4 is 5.32 Å². The molecule has 1 saturated heterocycles. The molecule has 0 unspecified atom stereocenters. The van der Waals surface area contributed by atoms with E-state index in [1.54, 1.807) is 14.1 Å². The van der Waals surface area contributed by atoms with Gasteiger partial charge < -0.3 is 10.3 Å². The first-order chi connectivity index (χ1) is 17.7. The van der Waals surface area contributed by atoms with Gasteiger partial charge in [0, 0.05) is 30.7 Å². The van der Waals surface area contributed by atoms with Gasteiger partial charge in [0.05, 0.1) is 17.3 Å². The van der Waals surface area contributed by atoms with Crippen LogP contribution in [0.3, 0.4) is 0 Å². The van der Waals surface area contributed by atoms with Gasteiger partial charge in [0.25, 0.3) is 0 Å². The molecule has 1 amide bonds. The minimum absolute atomic E-state index is 0.0844. The van der Waals surface area contributed by atoms with E-state index >= 15 is 0 Å². The molecule has 1 aromatic heterocycles. The molecule has 2 heterocycles. The molecule has 37 heavy (non-hydrogen) atoms. The Hall–Kier alpha value is -2.70. The molecule has 1 fully saturated rings. The second-order valence-corrected chi connectivity index (χ2v) is 10.4. The van der Waals surface area contributed by atoms with Gasteiger partial charge in [-0.25, -0.2) is 4.99 Å². The highest BCUT2D eigenvalue weighted by Gasteiger charge is 2.24. The highest BCUT2D eigenvalue weighted by atomic mass is 35.5. The zero-order valence-electron chi connectivity index (χ0n) is 23.4. The lowest BCUT2D eigenvalue weighted by atomic mass is 9.87. The Morgan fingerprint density at radius 1 is 1.30 bits per heavy atom. The van der Waals surface area contributed by atoms with Crippen LogP contribution >= 0.6 is 11.6 Å². The monoisotopic (exact) mass is 523 g/mol. The maximum atomic E-state index is 11.8. The van der Waals surface area contributed by atoms with E-state index in [0.717, 1.165) is 54.8 Å². The van der Waals surface area contributed by atoms with E-state index in [1.165, 1.54) is 16.5 Å². The van der Waals surface area contributed by atoms with Gasteiger partial charge in [-0.1, -0.05) is 44.5 Å². The summed E-state index contributed by atoms with van der Waals surface area (Å²) < 4.78 is 0. The number of nitrogens with zero attached hydrogens (tertiary/aromatic N) is 3. The van der Waals surface area contributed by atoms with E-state index in [2.05, 4.69) is 70.2 Å². The number of aromatic amines is 1. The third-order valence-corrected chi connectivity index (χ3v) is 7.59. The highest BCUT2D eigenvalue weighted by Crippen LogP contribution is 2.37. The largest absolute Gasteiger partial charge is 0.358 e. The number of carbonyl (C=O) groups excluding carboxylic acids is 1. The smallest absolute Gasteiger partial charge is 0.233 e. The number of rotatable bonds is 8. The van der Waals surface area contributed by atoms with E-state index in [0.29, 0.717) is 29.2 Å². The Morgan fingerprint density at radius 3 is 2.57 bits per heavy atom. The van der Waals surface area contributed by atoms with Gasteiger partial charge in [-0.05, 0) is 92.9 Å². The number of carbonyl (C=O) groups is 1. The molecule has 1 aliphatic rings. The van der Waals surface area contributed by atoms with Crippen LogP contribution in [-0.4, -0.2) is 61.1 Å². The standard InChI is InChI=1S/C30H42ClN5O/c1-8-21(17-25(31)26(9-2)34-20(5)32-6)30-29(19(3)4)24-16-23(10-11-27(24)35-30)22-12-14-36(15-13-22)18-28(37)33-7/h8,10-11,16-17,19,22,35H,9,12-15,18H2,1-7H3,(H,33,37)/b21-8+,25-17+,32-20?,34-26?. The molecule has 0 spiro atoms. The van der Waals surface area contributed by atoms with Crippen molar-refractivity contribution in [3.8, 4) is 0 Å². The number of aromatic nitrogens is 1. The van der Waals surface area contributed by atoms with Gasteiger partial charge in [-0.15, -0.1) is 0 Å². The summed E-state index contributed by atoms with van der Waals surface area (Å²) in [6.45, 7) is 12.9. The zero-order valence-corrected chi connectivity index (χ0v) is 24.2. The SMILES string of the molecule is C/C=C(\C=C(\Cl)C(CC)=NC(C)=NC)c1[nH]c2ccc(C3CCN(CC(=O)NC)CC3)cc2c1C(C)C. The summed E-state index contributed by atoms with van der Waals surface area (Å²) in [5, 5.41) is 4.64. The average Bonchev–Trinajstić information content (AvgIpc) is 3.29. The van der Waals surface area contributed by atoms with Crippen LogP contribution in [0.5, 0.6) is 0 Å². The normalized spacial score (nSPS) is 17.2. The number of piperidine rings is 1. The van der Waals surface area contributed by atoms with Crippen molar-refractivity contribution < 1.29 is 4.79 Å². The molecule has 1 aromatic carbocycles. The lowest BCUT2D eigenvalue weighted by Gasteiger charge is -2.31. The molecule has 2 aromatic rings. The minimum Gasteiger partial charge on any atom is -0.358 e. The van der Waals surface area contributed by atoms with Crippen LogP contribution in [-0.2, 0) is 4.79 Å². The summed E-state index contributed by atoms with van der Waals surface area (Å²) in [4.78, 5) is 26.4. The fraction of sp³-hybridized carbons (Fsp3) is 0.500. The van der Waals surface area contributed by atoms with Gasteiger partial charge in [0.2, 0.25) is 5.91 Å². The van der Waals surface area contributed by atoms with E-state index in [9.17, 15) is 4.79 Å². The first-order valence-electron chi connectivity index (χ1n) is 13.4. The van der Waals surface area contributed by atoms with Crippen LogP contribution in [0, 0.1) is 0 Å². The van der Waals surface area contributed by atoms with E-state index in [4.69, 9.17) is 11.6 Å². The highest BCUT2D eigenvalue weighted by molar-refractivity contribution is 6.44. The Balaban J connectivity index is 1.94. The molecule has 0 atom stereocenters. The summed E-state index contributed by atoms with van der Waals surface area (Å²) >= 11 is 6.77. The lowest BCUT2D eigenvalue weighted by Crippen LogP contribution is -2.40. The summed E-state index contributed by atoms with van der Waals surface area (Å²) in [6, 6.07) is 6.86. The Labute approximate surface area is 227 Å². The fourth-order valence-electron chi connectivity index (χ4n) is 5.08. The number of fused-ring (bicyclic) bond motifs is 1. The molecule has 1 aliphatic heterocycles. The maximum absolute atomic E-state index is 11.8. The van der Waals surface area contributed by atoms with Crippen molar-refractivity contribution in [1.29, 1.82) is 0 Å². The summed E-state index contributed by atoms with van der Waals surface area (Å²) in [7, 11) is 3.44. The number of amidine groups is 1. The lowest BCUT2D eigenvalue weighted by molar-refractivity contribution is -0.122. The summed E-state index contributed by atoms with van der Waals surface area (Å²) in [5.74, 6) is 1.64. The van der Waals surface area contributed by atoms with E-state index in [1.807, 2.05) is 19.9 Å². The van der Waals surface area contributed by atoms with Crippen LogP contribution in [0.25, 0.3) is 16.5 Å². The van der Waals surface area contributed by atoms with Crippen molar-refractivity contribution in [3.05, 3.63) is 52.2 Å². The van der Waals surface area contributed by atoms with E-state index < -0.39 is 0 Å². The number of likely N-dealkylation sites (tertiary alicyclic amines) is 1. The molecule has 7 heteroatoms.